The molecule has 152 valence electrons. The molecule has 0 saturated carbocycles. The number of hydrogen-bond donors (Lipinski definition) is 1. The summed E-state index contributed by atoms with van der Waals surface area (Å²) in [6, 6.07) is 10.9. The summed E-state index contributed by atoms with van der Waals surface area (Å²) in [5.74, 6) is -0.524. The van der Waals surface area contributed by atoms with Gasteiger partial charge in [0.1, 0.15) is 5.82 Å². The first kappa shape index (κ1) is 19.4. The van der Waals surface area contributed by atoms with Crippen molar-refractivity contribution in [3.63, 3.8) is 0 Å². The highest BCUT2D eigenvalue weighted by atomic mass is 19.1. The van der Waals surface area contributed by atoms with Crippen molar-refractivity contribution in [2.24, 2.45) is 5.10 Å². The molecule has 4 rings (SSSR count). The topological polar surface area (TPSA) is 47.9 Å². The minimum atomic E-state index is -0.277. The molecule has 2 fully saturated rings. The van der Waals surface area contributed by atoms with Gasteiger partial charge in [-0.05, 0) is 74.6 Å². The van der Waals surface area contributed by atoms with E-state index < -0.39 is 0 Å². The van der Waals surface area contributed by atoms with Crippen LogP contribution in [0, 0.1) is 12.7 Å². The van der Waals surface area contributed by atoms with Gasteiger partial charge in [-0.3, -0.25) is 4.79 Å². The van der Waals surface area contributed by atoms with Crippen LogP contribution >= 0.6 is 0 Å². The van der Waals surface area contributed by atoms with E-state index in [1.165, 1.54) is 25.1 Å². The summed E-state index contributed by atoms with van der Waals surface area (Å²) in [5, 5.41) is 4.03. The fourth-order valence-corrected chi connectivity index (χ4v) is 4.05. The lowest BCUT2D eigenvalue weighted by Crippen LogP contribution is -2.20. The monoisotopic (exact) mass is 394 g/mol. The van der Waals surface area contributed by atoms with Crippen LogP contribution in [0.25, 0.3) is 0 Å². The maximum absolute atomic E-state index is 14.5. The number of aryl methyl sites for hydroxylation is 1. The Bertz CT molecular complexity index is 898. The van der Waals surface area contributed by atoms with E-state index in [0.29, 0.717) is 16.8 Å². The quantitative estimate of drug-likeness (QED) is 0.614. The molecule has 2 aromatic rings. The normalized spacial score (nSPS) is 16.8. The smallest absolute Gasteiger partial charge is 0.271 e. The third kappa shape index (κ3) is 4.42. The lowest BCUT2D eigenvalue weighted by Gasteiger charge is -2.19. The summed E-state index contributed by atoms with van der Waals surface area (Å²) >= 11 is 0. The molecule has 5 nitrogen and oxygen atoms in total. The van der Waals surface area contributed by atoms with E-state index in [4.69, 9.17) is 0 Å². The number of carbonyl (C=O) groups excluding carboxylic acids is 1. The second-order valence-corrected chi connectivity index (χ2v) is 7.79. The average Bonchev–Trinajstić information content (AvgIpc) is 3.44. The summed E-state index contributed by atoms with van der Waals surface area (Å²) in [6.45, 7) is 5.87. The van der Waals surface area contributed by atoms with Gasteiger partial charge in [0.2, 0.25) is 0 Å². The summed E-state index contributed by atoms with van der Waals surface area (Å²) in [4.78, 5) is 16.7. The molecule has 2 heterocycles. The molecule has 2 aliphatic heterocycles. The van der Waals surface area contributed by atoms with Crippen molar-refractivity contribution in [1.82, 2.24) is 5.43 Å². The van der Waals surface area contributed by atoms with Crippen molar-refractivity contribution in [2.75, 3.05) is 36.0 Å². The SMILES string of the molecule is Cc1cc(N2CCCC2)c(F)cc1/C=N\NC(=O)c1ccc(N2CCCC2)cc1. The molecule has 1 N–H and O–H groups in total. The third-order valence-corrected chi connectivity index (χ3v) is 5.75. The number of anilines is 2. The first-order chi connectivity index (χ1) is 14.1. The van der Waals surface area contributed by atoms with E-state index in [0.717, 1.165) is 50.3 Å². The highest BCUT2D eigenvalue weighted by Crippen LogP contribution is 2.26. The van der Waals surface area contributed by atoms with Crippen molar-refractivity contribution < 1.29 is 9.18 Å². The van der Waals surface area contributed by atoms with E-state index >= 15 is 0 Å². The maximum atomic E-state index is 14.5. The number of rotatable bonds is 5. The Morgan fingerprint density at radius 1 is 1.00 bits per heavy atom. The largest absolute Gasteiger partial charge is 0.372 e. The van der Waals surface area contributed by atoms with Crippen molar-refractivity contribution in [3.8, 4) is 0 Å². The second-order valence-electron chi connectivity index (χ2n) is 7.79. The zero-order valence-corrected chi connectivity index (χ0v) is 16.8. The van der Waals surface area contributed by atoms with Crippen LogP contribution in [-0.2, 0) is 0 Å². The number of amides is 1. The highest BCUT2D eigenvalue weighted by Gasteiger charge is 2.17. The fraction of sp³-hybridized carbons (Fsp3) is 0.391. The summed E-state index contributed by atoms with van der Waals surface area (Å²) < 4.78 is 14.5. The fourth-order valence-electron chi connectivity index (χ4n) is 4.05. The van der Waals surface area contributed by atoms with Crippen LogP contribution in [0.4, 0.5) is 15.8 Å². The van der Waals surface area contributed by atoms with Crippen LogP contribution in [0.15, 0.2) is 41.5 Å². The Kier molecular flexibility index (Phi) is 5.79. The van der Waals surface area contributed by atoms with Gasteiger partial charge in [-0.25, -0.2) is 9.82 Å². The van der Waals surface area contributed by atoms with Crippen molar-refractivity contribution in [3.05, 3.63) is 58.9 Å². The van der Waals surface area contributed by atoms with Crippen LogP contribution in [0.2, 0.25) is 0 Å². The van der Waals surface area contributed by atoms with E-state index in [2.05, 4.69) is 20.3 Å². The molecule has 0 radical (unpaired) electrons. The molecule has 0 atom stereocenters. The zero-order valence-electron chi connectivity index (χ0n) is 16.8. The molecule has 0 aliphatic carbocycles. The van der Waals surface area contributed by atoms with Gasteiger partial charge >= 0.3 is 0 Å². The summed E-state index contributed by atoms with van der Waals surface area (Å²) in [7, 11) is 0. The molecule has 2 saturated heterocycles. The molecule has 0 spiro atoms. The van der Waals surface area contributed by atoms with E-state index in [9.17, 15) is 9.18 Å². The van der Waals surface area contributed by atoms with Crippen LogP contribution in [-0.4, -0.2) is 38.3 Å². The van der Waals surface area contributed by atoms with Crippen LogP contribution in [0.1, 0.15) is 47.2 Å². The first-order valence-electron chi connectivity index (χ1n) is 10.4. The van der Waals surface area contributed by atoms with E-state index in [1.54, 1.807) is 0 Å². The number of hydrazone groups is 1. The number of carbonyl (C=O) groups is 1. The van der Waals surface area contributed by atoms with Gasteiger partial charge in [0.25, 0.3) is 5.91 Å². The maximum Gasteiger partial charge on any atom is 0.271 e. The molecule has 2 aliphatic rings. The highest BCUT2D eigenvalue weighted by molar-refractivity contribution is 5.95. The van der Waals surface area contributed by atoms with Crippen LogP contribution in [0.3, 0.4) is 0 Å². The van der Waals surface area contributed by atoms with Gasteiger partial charge < -0.3 is 9.80 Å². The summed E-state index contributed by atoms with van der Waals surface area (Å²) in [6.07, 6.45) is 6.15. The van der Waals surface area contributed by atoms with Gasteiger partial charge in [0, 0.05) is 43.0 Å². The average molecular weight is 394 g/mol. The van der Waals surface area contributed by atoms with Gasteiger partial charge in [-0.1, -0.05) is 0 Å². The molecule has 0 aromatic heterocycles. The number of benzene rings is 2. The first-order valence-corrected chi connectivity index (χ1v) is 10.4. The minimum Gasteiger partial charge on any atom is -0.372 e. The van der Waals surface area contributed by atoms with Gasteiger partial charge in [0.15, 0.2) is 0 Å². The standard InChI is InChI=1S/C23H27FN4O/c1-17-14-22(28-12-4-5-13-28)21(24)15-19(17)16-25-26-23(29)18-6-8-20(9-7-18)27-10-2-3-11-27/h6-9,14-16H,2-5,10-13H2,1H3,(H,26,29)/b25-16-. The third-order valence-electron chi connectivity index (χ3n) is 5.75. The Morgan fingerprint density at radius 3 is 2.28 bits per heavy atom. The summed E-state index contributed by atoms with van der Waals surface area (Å²) in [5.41, 5.74) is 6.48. The lowest BCUT2D eigenvalue weighted by atomic mass is 10.1. The number of nitrogens with one attached hydrogen (secondary N) is 1. The van der Waals surface area contributed by atoms with E-state index in [1.807, 2.05) is 37.3 Å². The van der Waals surface area contributed by atoms with Crippen LogP contribution < -0.4 is 15.2 Å². The number of hydrogen-bond acceptors (Lipinski definition) is 4. The number of nitrogens with zero attached hydrogens (tertiary/aromatic N) is 3. The van der Waals surface area contributed by atoms with Gasteiger partial charge in [-0.2, -0.15) is 5.10 Å². The molecule has 2 aromatic carbocycles. The Balaban J connectivity index is 1.39. The predicted molar refractivity (Wildman–Crippen MR) is 116 cm³/mol. The molecule has 6 heteroatoms. The Labute approximate surface area is 171 Å². The second kappa shape index (κ2) is 8.64. The molecule has 0 bridgehead atoms. The minimum absolute atomic E-state index is 0.247. The molecular formula is C23H27FN4O. The Morgan fingerprint density at radius 2 is 1.62 bits per heavy atom. The molecule has 1 amide bonds. The molecular weight excluding hydrogens is 367 g/mol. The van der Waals surface area contributed by atoms with E-state index in [-0.39, 0.29) is 11.7 Å². The van der Waals surface area contributed by atoms with Gasteiger partial charge in [-0.15, -0.1) is 0 Å². The van der Waals surface area contributed by atoms with Crippen molar-refractivity contribution in [2.45, 2.75) is 32.6 Å². The lowest BCUT2D eigenvalue weighted by molar-refractivity contribution is 0.0955. The number of halogens is 1. The van der Waals surface area contributed by atoms with Crippen molar-refractivity contribution >= 4 is 23.5 Å². The van der Waals surface area contributed by atoms with Crippen molar-refractivity contribution in [1.29, 1.82) is 0 Å². The predicted octanol–water partition coefficient (Wildman–Crippen LogP) is 4.10. The molecule has 29 heavy (non-hydrogen) atoms. The molecule has 0 unspecified atom stereocenters. The Hall–Kier alpha value is -2.89. The van der Waals surface area contributed by atoms with Gasteiger partial charge in [0.05, 0.1) is 11.9 Å². The zero-order chi connectivity index (χ0) is 20.2. The van der Waals surface area contributed by atoms with Crippen LogP contribution in [0.5, 0.6) is 0 Å².